The van der Waals surface area contributed by atoms with Gasteiger partial charge in [0.25, 0.3) is 10.0 Å². The van der Waals surface area contributed by atoms with Crippen LogP contribution in [0, 0.1) is 18.6 Å². The fraction of sp³-hybridized carbons (Fsp3) is 0.143. The Hall–Kier alpha value is -2.16. The lowest BCUT2D eigenvalue weighted by Crippen LogP contribution is -2.16. The molecule has 2 aromatic rings. The summed E-state index contributed by atoms with van der Waals surface area (Å²) in [4.78, 5) is -0.868. The van der Waals surface area contributed by atoms with E-state index in [4.69, 9.17) is 0 Å². The van der Waals surface area contributed by atoms with Gasteiger partial charge in [-0.05, 0) is 36.8 Å². The van der Waals surface area contributed by atoms with E-state index >= 15 is 0 Å². The zero-order valence-corrected chi connectivity index (χ0v) is 12.4. The van der Waals surface area contributed by atoms with Crippen molar-refractivity contribution in [1.82, 2.24) is 0 Å². The summed E-state index contributed by atoms with van der Waals surface area (Å²) in [5.41, 5.74) is -1.49. The van der Waals surface area contributed by atoms with Crippen LogP contribution in [0.15, 0.2) is 41.3 Å². The van der Waals surface area contributed by atoms with Crippen molar-refractivity contribution in [2.75, 3.05) is 4.72 Å². The van der Waals surface area contributed by atoms with Gasteiger partial charge in [-0.3, -0.25) is 4.72 Å². The molecular formula is C14H10F5NO2S. The Morgan fingerprint density at radius 3 is 2.22 bits per heavy atom. The summed E-state index contributed by atoms with van der Waals surface area (Å²) >= 11 is 0. The third kappa shape index (κ3) is 3.79. The second kappa shape index (κ2) is 5.80. The summed E-state index contributed by atoms with van der Waals surface area (Å²) in [5.74, 6) is -2.32. The van der Waals surface area contributed by atoms with Gasteiger partial charge in [0.2, 0.25) is 0 Å². The first-order valence-corrected chi connectivity index (χ1v) is 7.65. The van der Waals surface area contributed by atoms with E-state index in [9.17, 15) is 30.4 Å². The van der Waals surface area contributed by atoms with Crippen molar-refractivity contribution in [2.24, 2.45) is 0 Å². The normalized spacial score (nSPS) is 12.3. The molecule has 2 aromatic carbocycles. The minimum atomic E-state index is -4.66. The molecular weight excluding hydrogens is 341 g/mol. The second-order valence-electron chi connectivity index (χ2n) is 4.71. The Bertz CT molecular complexity index is 847. The Labute approximate surface area is 128 Å². The lowest BCUT2D eigenvalue weighted by Gasteiger charge is -2.14. The molecule has 0 aliphatic rings. The van der Waals surface area contributed by atoms with Gasteiger partial charge in [0.1, 0.15) is 16.5 Å². The van der Waals surface area contributed by atoms with Crippen LogP contribution < -0.4 is 4.72 Å². The van der Waals surface area contributed by atoms with Crippen molar-refractivity contribution >= 4 is 15.7 Å². The predicted molar refractivity (Wildman–Crippen MR) is 73.3 cm³/mol. The number of halogens is 5. The van der Waals surface area contributed by atoms with E-state index in [2.05, 4.69) is 0 Å². The molecule has 0 aromatic heterocycles. The number of alkyl halides is 3. The molecule has 2 rings (SSSR count). The Morgan fingerprint density at radius 1 is 1.00 bits per heavy atom. The number of rotatable bonds is 3. The molecule has 0 radical (unpaired) electrons. The van der Waals surface area contributed by atoms with E-state index in [1.54, 1.807) is 0 Å². The topological polar surface area (TPSA) is 46.2 Å². The van der Waals surface area contributed by atoms with Gasteiger partial charge in [-0.1, -0.05) is 6.07 Å². The van der Waals surface area contributed by atoms with Gasteiger partial charge in [-0.2, -0.15) is 13.2 Å². The maximum absolute atomic E-state index is 13.5. The molecule has 0 saturated carbocycles. The summed E-state index contributed by atoms with van der Waals surface area (Å²) in [6, 6.07) is 4.59. The fourth-order valence-electron chi connectivity index (χ4n) is 1.89. The highest BCUT2D eigenvalue weighted by Crippen LogP contribution is 2.34. The molecule has 9 heteroatoms. The zero-order valence-electron chi connectivity index (χ0n) is 11.6. The molecule has 0 bridgehead atoms. The summed E-state index contributed by atoms with van der Waals surface area (Å²) in [7, 11) is -4.49. The molecule has 0 heterocycles. The van der Waals surface area contributed by atoms with Crippen molar-refractivity contribution in [3.05, 3.63) is 59.2 Å². The molecule has 0 fully saturated rings. The Kier molecular flexibility index (Phi) is 4.34. The van der Waals surface area contributed by atoms with Crippen molar-refractivity contribution in [3.63, 3.8) is 0 Å². The van der Waals surface area contributed by atoms with E-state index in [1.807, 2.05) is 4.72 Å². The quantitative estimate of drug-likeness (QED) is 0.847. The highest BCUT2D eigenvalue weighted by molar-refractivity contribution is 7.92. The molecule has 0 saturated heterocycles. The van der Waals surface area contributed by atoms with Crippen LogP contribution in [0.1, 0.15) is 11.1 Å². The molecule has 0 unspecified atom stereocenters. The number of anilines is 1. The number of hydrogen-bond acceptors (Lipinski definition) is 2. The average molecular weight is 351 g/mol. The van der Waals surface area contributed by atoms with Crippen molar-refractivity contribution in [1.29, 1.82) is 0 Å². The van der Waals surface area contributed by atoms with Gasteiger partial charge in [0.15, 0.2) is 0 Å². The predicted octanol–water partition coefficient (Wildman–Crippen LogP) is 4.09. The summed E-state index contributed by atoms with van der Waals surface area (Å²) in [6.07, 6.45) is -4.66. The van der Waals surface area contributed by atoms with E-state index in [0.29, 0.717) is 18.2 Å². The van der Waals surface area contributed by atoms with Crippen LogP contribution in [0.3, 0.4) is 0 Å². The van der Waals surface area contributed by atoms with Gasteiger partial charge in [0.05, 0.1) is 5.56 Å². The molecule has 3 nitrogen and oxygen atoms in total. The SMILES string of the molecule is Cc1ccc(NS(=O)(=O)c2ccc(F)cc2F)cc1C(F)(F)F. The van der Waals surface area contributed by atoms with Crippen LogP contribution in [0.5, 0.6) is 0 Å². The van der Waals surface area contributed by atoms with E-state index in [0.717, 1.165) is 18.2 Å². The number of aryl methyl sites for hydroxylation is 1. The minimum absolute atomic E-state index is 0.0894. The van der Waals surface area contributed by atoms with Gasteiger partial charge >= 0.3 is 6.18 Å². The first kappa shape index (κ1) is 17.2. The molecule has 0 aliphatic heterocycles. The van der Waals surface area contributed by atoms with Crippen LogP contribution in [-0.2, 0) is 16.2 Å². The number of nitrogens with one attached hydrogen (secondary N) is 1. The lowest BCUT2D eigenvalue weighted by atomic mass is 10.1. The third-order valence-electron chi connectivity index (χ3n) is 2.98. The maximum atomic E-state index is 13.5. The first-order valence-electron chi connectivity index (χ1n) is 6.16. The summed E-state index contributed by atoms with van der Waals surface area (Å²) < 4.78 is 90.7. The number of benzene rings is 2. The Morgan fingerprint density at radius 2 is 1.65 bits per heavy atom. The summed E-state index contributed by atoms with van der Waals surface area (Å²) in [6.45, 7) is 1.22. The van der Waals surface area contributed by atoms with Crippen LogP contribution in [-0.4, -0.2) is 8.42 Å². The van der Waals surface area contributed by atoms with Gasteiger partial charge < -0.3 is 0 Å². The van der Waals surface area contributed by atoms with Gasteiger partial charge in [0, 0.05) is 11.8 Å². The number of sulfonamides is 1. The largest absolute Gasteiger partial charge is 0.416 e. The second-order valence-corrected chi connectivity index (χ2v) is 6.36. The maximum Gasteiger partial charge on any atom is 0.416 e. The van der Waals surface area contributed by atoms with Gasteiger partial charge in [-0.25, -0.2) is 17.2 Å². The van der Waals surface area contributed by atoms with Crippen LogP contribution in [0.25, 0.3) is 0 Å². The highest BCUT2D eigenvalue weighted by atomic mass is 32.2. The van der Waals surface area contributed by atoms with E-state index in [-0.39, 0.29) is 11.3 Å². The van der Waals surface area contributed by atoms with Crippen LogP contribution in [0.4, 0.5) is 27.6 Å². The average Bonchev–Trinajstić information content (AvgIpc) is 2.39. The minimum Gasteiger partial charge on any atom is -0.280 e. The number of hydrogen-bond donors (Lipinski definition) is 1. The van der Waals surface area contributed by atoms with Gasteiger partial charge in [-0.15, -0.1) is 0 Å². The molecule has 0 aliphatic carbocycles. The summed E-state index contributed by atoms with van der Waals surface area (Å²) in [5, 5.41) is 0. The van der Waals surface area contributed by atoms with Crippen LogP contribution >= 0.6 is 0 Å². The Balaban J connectivity index is 2.42. The molecule has 0 amide bonds. The fourth-order valence-corrected chi connectivity index (χ4v) is 3.00. The molecule has 124 valence electrons. The molecule has 0 spiro atoms. The third-order valence-corrected chi connectivity index (χ3v) is 4.39. The van der Waals surface area contributed by atoms with E-state index in [1.165, 1.54) is 6.92 Å². The molecule has 0 atom stereocenters. The van der Waals surface area contributed by atoms with Crippen molar-refractivity contribution in [2.45, 2.75) is 18.0 Å². The lowest BCUT2D eigenvalue weighted by molar-refractivity contribution is -0.138. The highest BCUT2D eigenvalue weighted by Gasteiger charge is 2.33. The van der Waals surface area contributed by atoms with Crippen molar-refractivity contribution < 1.29 is 30.4 Å². The molecule has 1 N–H and O–H groups in total. The van der Waals surface area contributed by atoms with Crippen molar-refractivity contribution in [3.8, 4) is 0 Å². The van der Waals surface area contributed by atoms with Crippen LogP contribution in [0.2, 0.25) is 0 Å². The monoisotopic (exact) mass is 351 g/mol. The first-order chi connectivity index (χ1) is 10.5. The van der Waals surface area contributed by atoms with E-state index < -0.39 is 38.3 Å². The molecule has 23 heavy (non-hydrogen) atoms. The standard InChI is InChI=1S/C14H10F5NO2S/c1-8-2-4-10(7-11(8)14(17,18)19)20-23(21,22)13-5-3-9(15)6-12(13)16/h2-7,20H,1H3. The zero-order chi connectivity index (χ0) is 17.4. The smallest absolute Gasteiger partial charge is 0.280 e.